The van der Waals surface area contributed by atoms with Crippen LogP contribution in [0.2, 0.25) is 0 Å². The molecule has 1 atom stereocenters. The average molecular weight is 354 g/mol. The van der Waals surface area contributed by atoms with E-state index in [2.05, 4.69) is 10.6 Å². The van der Waals surface area contributed by atoms with E-state index in [4.69, 9.17) is 4.74 Å². The lowest BCUT2D eigenvalue weighted by Gasteiger charge is -2.14. The van der Waals surface area contributed by atoms with Gasteiger partial charge in [0.05, 0.1) is 5.56 Å². The second-order valence-corrected chi connectivity index (χ2v) is 6.02. The molecule has 1 unspecified atom stereocenters. The highest BCUT2D eigenvalue weighted by atomic mass is 16.5. The summed E-state index contributed by atoms with van der Waals surface area (Å²) in [6.45, 7) is 5.36. The van der Waals surface area contributed by atoms with Crippen LogP contribution in [0.3, 0.4) is 0 Å². The maximum absolute atomic E-state index is 12.2. The monoisotopic (exact) mass is 354 g/mol. The van der Waals surface area contributed by atoms with Crippen molar-refractivity contribution >= 4 is 17.9 Å². The van der Waals surface area contributed by atoms with E-state index in [1.165, 1.54) is 6.92 Å². The van der Waals surface area contributed by atoms with E-state index in [1.54, 1.807) is 13.0 Å². The third-order valence-electron chi connectivity index (χ3n) is 3.80. The van der Waals surface area contributed by atoms with Crippen molar-refractivity contribution in [3.63, 3.8) is 0 Å². The van der Waals surface area contributed by atoms with E-state index in [0.29, 0.717) is 5.56 Å². The smallest absolute Gasteiger partial charge is 0.339 e. The summed E-state index contributed by atoms with van der Waals surface area (Å²) in [5.41, 5.74) is 2.98. The summed E-state index contributed by atoms with van der Waals surface area (Å²) in [6.07, 6.45) is -1.09. The van der Waals surface area contributed by atoms with E-state index < -0.39 is 24.0 Å². The van der Waals surface area contributed by atoms with Gasteiger partial charge in [0.2, 0.25) is 0 Å². The minimum absolute atomic E-state index is 0.288. The zero-order chi connectivity index (χ0) is 19.1. The normalized spacial score (nSPS) is 11.3. The molecule has 6 nitrogen and oxygen atoms in total. The zero-order valence-corrected chi connectivity index (χ0v) is 15.0. The van der Waals surface area contributed by atoms with Gasteiger partial charge in [0.15, 0.2) is 6.10 Å². The van der Waals surface area contributed by atoms with E-state index in [1.807, 2.05) is 49.4 Å². The first-order valence-electron chi connectivity index (χ1n) is 8.27. The first-order chi connectivity index (χ1) is 12.4. The Balaban J connectivity index is 1.85. The Morgan fingerprint density at radius 3 is 2.42 bits per heavy atom. The van der Waals surface area contributed by atoms with Crippen LogP contribution in [0.5, 0.6) is 0 Å². The van der Waals surface area contributed by atoms with Crippen LogP contribution >= 0.6 is 0 Å². The molecule has 0 fully saturated rings. The highest BCUT2D eigenvalue weighted by molar-refractivity contribution is 5.98. The van der Waals surface area contributed by atoms with E-state index in [9.17, 15) is 14.4 Å². The molecule has 0 heterocycles. The summed E-state index contributed by atoms with van der Waals surface area (Å²) in [7, 11) is 0. The van der Waals surface area contributed by atoms with Crippen LogP contribution in [0.15, 0.2) is 48.5 Å². The Kier molecular flexibility index (Phi) is 6.49. The van der Waals surface area contributed by atoms with Crippen molar-refractivity contribution in [2.24, 2.45) is 0 Å². The zero-order valence-electron chi connectivity index (χ0n) is 15.0. The van der Waals surface area contributed by atoms with Crippen LogP contribution in [-0.2, 0) is 16.1 Å². The molecular weight excluding hydrogens is 332 g/mol. The molecule has 26 heavy (non-hydrogen) atoms. The third kappa shape index (κ3) is 5.44. The fourth-order valence-electron chi connectivity index (χ4n) is 2.27. The van der Waals surface area contributed by atoms with Crippen molar-refractivity contribution in [3.8, 4) is 0 Å². The van der Waals surface area contributed by atoms with Gasteiger partial charge in [-0.2, -0.15) is 0 Å². The van der Waals surface area contributed by atoms with E-state index in [-0.39, 0.29) is 6.54 Å². The topological polar surface area (TPSA) is 84.5 Å². The lowest BCUT2D eigenvalue weighted by Crippen LogP contribution is -2.44. The summed E-state index contributed by atoms with van der Waals surface area (Å²) in [5.74, 6) is -1.28. The van der Waals surface area contributed by atoms with Crippen LogP contribution < -0.4 is 10.6 Å². The molecule has 0 aliphatic carbocycles. The number of rotatable bonds is 5. The van der Waals surface area contributed by atoms with Gasteiger partial charge < -0.3 is 10.1 Å². The molecule has 0 aliphatic heterocycles. The second kappa shape index (κ2) is 8.80. The number of nitrogens with one attached hydrogen (secondary N) is 2. The number of carbonyl (C=O) groups is 3. The van der Waals surface area contributed by atoms with Crippen LogP contribution in [-0.4, -0.2) is 24.0 Å². The van der Waals surface area contributed by atoms with Crippen LogP contribution in [0.1, 0.15) is 34.0 Å². The van der Waals surface area contributed by atoms with Crippen LogP contribution in [0.4, 0.5) is 4.79 Å². The van der Waals surface area contributed by atoms with E-state index in [0.717, 1.165) is 16.7 Å². The molecule has 0 spiro atoms. The fraction of sp³-hybridized carbons (Fsp3) is 0.250. The maximum Gasteiger partial charge on any atom is 0.339 e. The van der Waals surface area contributed by atoms with Gasteiger partial charge in [-0.3, -0.25) is 10.1 Å². The molecular formula is C20H22N2O4. The first-order valence-corrected chi connectivity index (χ1v) is 8.27. The van der Waals surface area contributed by atoms with Crippen molar-refractivity contribution in [1.82, 2.24) is 10.6 Å². The van der Waals surface area contributed by atoms with Gasteiger partial charge in [0.1, 0.15) is 0 Å². The minimum Gasteiger partial charge on any atom is -0.449 e. The Labute approximate surface area is 152 Å². The molecule has 2 aromatic carbocycles. The predicted octanol–water partition coefficient (Wildman–Crippen LogP) is 2.87. The summed E-state index contributed by atoms with van der Waals surface area (Å²) >= 11 is 0. The van der Waals surface area contributed by atoms with Gasteiger partial charge in [0.25, 0.3) is 5.91 Å². The molecule has 0 bridgehead atoms. The Morgan fingerprint density at radius 2 is 1.73 bits per heavy atom. The largest absolute Gasteiger partial charge is 0.449 e. The molecule has 0 radical (unpaired) electrons. The molecule has 0 saturated carbocycles. The Morgan fingerprint density at radius 1 is 1.04 bits per heavy atom. The number of hydrogen-bond acceptors (Lipinski definition) is 4. The lowest BCUT2D eigenvalue weighted by atomic mass is 10.1. The molecule has 0 aromatic heterocycles. The number of benzene rings is 2. The number of carbonyl (C=O) groups excluding carboxylic acids is 3. The molecule has 2 rings (SSSR count). The molecule has 136 valence electrons. The standard InChI is InChI=1S/C20H22N2O4/c1-13-9-10-14(2)17(11-13)19(24)26-15(3)18(23)22-20(25)21-12-16-7-5-4-6-8-16/h4-11,15H,12H2,1-3H3,(H2,21,22,23,25). The number of ether oxygens (including phenoxy) is 1. The first kappa shape index (κ1) is 19.2. The molecule has 0 aliphatic rings. The molecule has 3 amide bonds. The van der Waals surface area contributed by atoms with Crippen molar-refractivity contribution < 1.29 is 19.1 Å². The van der Waals surface area contributed by atoms with E-state index >= 15 is 0 Å². The van der Waals surface area contributed by atoms with Crippen molar-refractivity contribution in [1.29, 1.82) is 0 Å². The number of hydrogen-bond donors (Lipinski definition) is 2. The van der Waals surface area contributed by atoms with Gasteiger partial charge >= 0.3 is 12.0 Å². The molecule has 0 saturated heterocycles. The van der Waals surface area contributed by atoms with Crippen LogP contribution in [0, 0.1) is 13.8 Å². The summed E-state index contributed by atoms with van der Waals surface area (Å²) < 4.78 is 5.17. The molecule has 2 aromatic rings. The maximum atomic E-state index is 12.2. The highest BCUT2D eigenvalue weighted by Gasteiger charge is 2.21. The Bertz CT molecular complexity index is 803. The number of imide groups is 1. The van der Waals surface area contributed by atoms with Gasteiger partial charge in [-0.15, -0.1) is 0 Å². The quantitative estimate of drug-likeness (QED) is 0.809. The fourth-order valence-corrected chi connectivity index (χ4v) is 2.27. The van der Waals surface area contributed by atoms with Gasteiger partial charge in [0, 0.05) is 6.54 Å². The van der Waals surface area contributed by atoms with Gasteiger partial charge in [-0.05, 0) is 38.0 Å². The average Bonchev–Trinajstić information content (AvgIpc) is 2.62. The second-order valence-electron chi connectivity index (χ2n) is 6.02. The van der Waals surface area contributed by atoms with Gasteiger partial charge in [-0.1, -0.05) is 48.0 Å². The summed E-state index contributed by atoms with van der Waals surface area (Å²) in [6, 6.07) is 14.1. The minimum atomic E-state index is -1.09. The third-order valence-corrected chi connectivity index (χ3v) is 3.80. The van der Waals surface area contributed by atoms with Crippen LogP contribution in [0.25, 0.3) is 0 Å². The SMILES string of the molecule is Cc1ccc(C)c(C(=O)OC(C)C(=O)NC(=O)NCc2ccccc2)c1. The highest BCUT2D eigenvalue weighted by Crippen LogP contribution is 2.13. The predicted molar refractivity (Wildman–Crippen MR) is 97.6 cm³/mol. The van der Waals surface area contributed by atoms with Gasteiger partial charge in [-0.25, -0.2) is 9.59 Å². The van der Waals surface area contributed by atoms with Crippen molar-refractivity contribution in [2.75, 3.05) is 0 Å². The molecule has 6 heteroatoms. The number of esters is 1. The summed E-state index contributed by atoms with van der Waals surface area (Å²) in [4.78, 5) is 36.1. The number of urea groups is 1. The van der Waals surface area contributed by atoms with Crippen molar-refractivity contribution in [3.05, 3.63) is 70.8 Å². The Hall–Kier alpha value is -3.15. The molecule has 2 N–H and O–H groups in total. The number of aryl methyl sites for hydroxylation is 2. The lowest BCUT2D eigenvalue weighted by molar-refractivity contribution is -0.127. The van der Waals surface area contributed by atoms with Crippen molar-refractivity contribution in [2.45, 2.75) is 33.4 Å². The number of amides is 3. The summed E-state index contributed by atoms with van der Waals surface area (Å²) in [5, 5.41) is 4.74.